The molecule has 0 bridgehead atoms. The Morgan fingerprint density at radius 3 is 2.65 bits per heavy atom. The number of hydrogen-bond donors (Lipinski definition) is 1. The van der Waals surface area contributed by atoms with Gasteiger partial charge in [-0.15, -0.1) is 0 Å². The zero-order valence-electron chi connectivity index (χ0n) is 10.5. The molecule has 0 saturated heterocycles. The predicted molar refractivity (Wildman–Crippen MR) is 82.8 cm³/mol. The van der Waals surface area contributed by atoms with Crippen molar-refractivity contribution in [3.8, 4) is 0 Å². The predicted octanol–water partition coefficient (Wildman–Crippen LogP) is 3.57. The van der Waals surface area contributed by atoms with Crippen molar-refractivity contribution in [1.82, 2.24) is 0 Å². The first-order chi connectivity index (χ1) is 7.95. The Balaban J connectivity index is 2.88. The van der Waals surface area contributed by atoms with Crippen molar-refractivity contribution in [3.05, 3.63) is 28.2 Å². The fraction of sp³-hybridized carbons (Fsp3) is 0.462. The van der Waals surface area contributed by atoms with Crippen LogP contribution >= 0.6 is 28.1 Å². The van der Waals surface area contributed by atoms with Gasteiger partial charge in [0.2, 0.25) is 0 Å². The number of rotatable bonds is 5. The maximum absolute atomic E-state index is 5.61. The highest BCUT2D eigenvalue weighted by atomic mass is 79.9. The highest BCUT2D eigenvalue weighted by molar-refractivity contribution is 9.10. The van der Waals surface area contributed by atoms with Gasteiger partial charge in [-0.25, -0.2) is 0 Å². The van der Waals surface area contributed by atoms with Crippen molar-refractivity contribution >= 4 is 38.8 Å². The fourth-order valence-electron chi connectivity index (χ4n) is 1.66. The number of halogens is 1. The zero-order chi connectivity index (χ0) is 13.0. The molecule has 1 unspecified atom stereocenters. The lowest BCUT2D eigenvalue weighted by Crippen LogP contribution is -2.24. The quantitative estimate of drug-likeness (QED) is 0.842. The number of nitrogens with two attached hydrogens (primary N) is 1. The third kappa shape index (κ3) is 3.96. The van der Waals surface area contributed by atoms with Crippen LogP contribution in [0.3, 0.4) is 0 Å². The van der Waals surface area contributed by atoms with Crippen LogP contribution in [0.2, 0.25) is 0 Å². The topological polar surface area (TPSA) is 29.3 Å². The second-order valence-corrected chi connectivity index (χ2v) is 5.72. The summed E-state index contributed by atoms with van der Waals surface area (Å²) in [6.07, 6.45) is 1.19. The second-order valence-electron chi connectivity index (χ2n) is 4.42. The molecule has 0 amide bonds. The van der Waals surface area contributed by atoms with Gasteiger partial charge in [-0.3, -0.25) is 0 Å². The van der Waals surface area contributed by atoms with Gasteiger partial charge in [-0.05, 0) is 40.0 Å². The lowest BCUT2D eigenvalue weighted by atomic mass is 10.1. The van der Waals surface area contributed by atoms with Crippen LogP contribution in [0.5, 0.6) is 0 Å². The van der Waals surface area contributed by atoms with Gasteiger partial charge >= 0.3 is 0 Å². The molecule has 0 aliphatic heterocycles. The van der Waals surface area contributed by atoms with Crippen molar-refractivity contribution in [1.29, 1.82) is 0 Å². The summed E-state index contributed by atoms with van der Waals surface area (Å²) in [7, 11) is 2.10. The van der Waals surface area contributed by atoms with Crippen molar-refractivity contribution in [3.63, 3.8) is 0 Å². The molecule has 4 heteroatoms. The molecular formula is C13H19BrN2S. The Morgan fingerprint density at radius 2 is 2.18 bits per heavy atom. The molecule has 17 heavy (non-hydrogen) atoms. The normalized spacial score (nSPS) is 12.2. The van der Waals surface area contributed by atoms with Gasteiger partial charge < -0.3 is 10.6 Å². The van der Waals surface area contributed by atoms with Gasteiger partial charge in [0.1, 0.15) is 4.99 Å². The van der Waals surface area contributed by atoms with Crippen LogP contribution in [0, 0.1) is 5.92 Å². The summed E-state index contributed by atoms with van der Waals surface area (Å²) in [5, 5.41) is 0. The summed E-state index contributed by atoms with van der Waals surface area (Å²) < 4.78 is 1.04. The molecular weight excluding hydrogens is 296 g/mol. The average Bonchev–Trinajstić information content (AvgIpc) is 2.28. The molecule has 2 N–H and O–H groups in total. The Morgan fingerprint density at radius 1 is 1.53 bits per heavy atom. The minimum absolute atomic E-state index is 0.432. The lowest BCUT2D eigenvalue weighted by Gasteiger charge is -2.24. The highest BCUT2D eigenvalue weighted by Crippen LogP contribution is 2.27. The van der Waals surface area contributed by atoms with Crippen LogP contribution in [0.15, 0.2) is 22.7 Å². The van der Waals surface area contributed by atoms with E-state index in [-0.39, 0.29) is 0 Å². The molecule has 0 spiro atoms. The van der Waals surface area contributed by atoms with E-state index in [4.69, 9.17) is 18.0 Å². The molecule has 0 heterocycles. The third-order valence-corrected chi connectivity index (χ3v) is 3.80. The first kappa shape index (κ1) is 14.5. The van der Waals surface area contributed by atoms with Gasteiger partial charge in [0.05, 0.1) is 5.69 Å². The molecule has 0 radical (unpaired) electrons. The molecule has 0 aliphatic rings. The minimum atomic E-state index is 0.432. The summed E-state index contributed by atoms with van der Waals surface area (Å²) in [4.78, 5) is 2.68. The number of benzene rings is 1. The van der Waals surface area contributed by atoms with Crippen molar-refractivity contribution in [2.75, 3.05) is 18.5 Å². The van der Waals surface area contributed by atoms with E-state index in [2.05, 4.69) is 47.8 Å². The van der Waals surface area contributed by atoms with E-state index in [1.807, 2.05) is 12.1 Å². The van der Waals surface area contributed by atoms with Crippen LogP contribution in [0.25, 0.3) is 0 Å². The third-order valence-electron chi connectivity index (χ3n) is 2.93. The molecule has 94 valence electrons. The Hall–Kier alpha value is -0.610. The van der Waals surface area contributed by atoms with Gasteiger partial charge in [-0.2, -0.15) is 0 Å². The van der Waals surface area contributed by atoms with E-state index >= 15 is 0 Å². The minimum Gasteiger partial charge on any atom is -0.389 e. The van der Waals surface area contributed by atoms with E-state index in [0.29, 0.717) is 10.9 Å². The van der Waals surface area contributed by atoms with E-state index in [1.165, 1.54) is 12.1 Å². The van der Waals surface area contributed by atoms with E-state index < -0.39 is 0 Å². The van der Waals surface area contributed by atoms with Gasteiger partial charge in [0.15, 0.2) is 0 Å². The molecule has 0 saturated carbocycles. The van der Waals surface area contributed by atoms with Gasteiger partial charge in [0, 0.05) is 23.6 Å². The molecule has 1 aromatic carbocycles. The average molecular weight is 315 g/mol. The maximum Gasteiger partial charge on any atom is 0.104 e. The summed E-state index contributed by atoms with van der Waals surface area (Å²) in [6, 6.07) is 6.00. The molecule has 1 atom stereocenters. The molecule has 0 fully saturated rings. The van der Waals surface area contributed by atoms with Crippen molar-refractivity contribution < 1.29 is 0 Å². The van der Waals surface area contributed by atoms with Crippen molar-refractivity contribution in [2.24, 2.45) is 11.7 Å². The van der Waals surface area contributed by atoms with Crippen molar-refractivity contribution in [2.45, 2.75) is 20.3 Å². The molecule has 0 aromatic heterocycles. The Bertz CT molecular complexity index is 406. The number of nitrogens with zero attached hydrogens (tertiary/aromatic N) is 1. The van der Waals surface area contributed by atoms with Crippen LogP contribution < -0.4 is 10.6 Å². The largest absolute Gasteiger partial charge is 0.389 e. The standard InChI is InChI=1S/C13H19BrN2S/c1-4-9(2)8-16(3)12-6-5-10(13(15)17)7-11(12)14/h5-7,9H,4,8H2,1-3H3,(H2,15,17). The number of hydrogen-bond acceptors (Lipinski definition) is 2. The van der Waals surface area contributed by atoms with Crippen LogP contribution in [-0.4, -0.2) is 18.6 Å². The Kier molecular flexibility index (Phi) is 5.40. The molecule has 0 aliphatic carbocycles. The molecule has 1 aromatic rings. The van der Waals surface area contributed by atoms with Crippen LogP contribution in [-0.2, 0) is 0 Å². The molecule has 2 nitrogen and oxygen atoms in total. The summed E-state index contributed by atoms with van der Waals surface area (Å²) in [5.74, 6) is 0.683. The summed E-state index contributed by atoms with van der Waals surface area (Å²) >= 11 is 8.53. The first-order valence-electron chi connectivity index (χ1n) is 5.76. The summed E-state index contributed by atoms with van der Waals surface area (Å²) in [5.41, 5.74) is 7.68. The van der Waals surface area contributed by atoms with Gasteiger partial charge in [-0.1, -0.05) is 32.5 Å². The number of thiocarbonyl (C=S) groups is 1. The fourth-order valence-corrected chi connectivity index (χ4v) is 2.47. The zero-order valence-corrected chi connectivity index (χ0v) is 12.9. The second kappa shape index (κ2) is 6.36. The highest BCUT2D eigenvalue weighted by Gasteiger charge is 2.10. The lowest BCUT2D eigenvalue weighted by molar-refractivity contribution is 0.559. The van der Waals surface area contributed by atoms with E-state index in [9.17, 15) is 0 Å². The summed E-state index contributed by atoms with van der Waals surface area (Å²) in [6.45, 7) is 5.51. The Labute approximate surface area is 117 Å². The van der Waals surface area contributed by atoms with Gasteiger partial charge in [0.25, 0.3) is 0 Å². The van der Waals surface area contributed by atoms with Crippen LogP contribution in [0.1, 0.15) is 25.8 Å². The SMILES string of the molecule is CCC(C)CN(C)c1ccc(C(N)=S)cc1Br. The number of anilines is 1. The van der Waals surface area contributed by atoms with E-state index in [1.54, 1.807) is 0 Å². The maximum atomic E-state index is 5.61. The smallest absolute Gasteiger partial charge is 0.104 e. The molecule has 1 rings (SSSR count). The monoisotopic (exact) mass is 314 g/mol. The van der Waals surface area contributed by atoms with E-state index in [0.717, 1.165) is 16.6 Å². The first-order valence-corrected chi connectivity index (χ1v) is 6.96. The van der Waals surface area contributed by atoms with Crippen LogP contribution in [0.4, 0.5) is 5.69 Å².